The predicted molar refractivity (Wildman–Crippen MR) is 77.5 cm³/mol. The summed E-state index contributed by atoms with van der Waals surface area (Å²) in [5.74, 6) is 0.0665. The molecular formula is C14H24BrNO3. The number of hydrogen-bond donors (Lipinski definition) is 0. The van der Waals surface area contributed by atoms with Gasteiger partial charge in [-0.3, -0.25) is 4.79 Å². The molecular weight excluding hydrogens is 310 g/mol. The van der Waals surface area contributed by atoms with Gasteiger partial charge in [0.25, 0.3) is 0 Å². The molecule has 0 atom stereocenters. The van der Waals surface area contributed by atoms with E-state index in [0.717, 1.165) is 63.9 Å². The Hall–Kier alpha value is -0.130. The highest BCUT2D eigenvalue weighted by molar-refractivity contribution is 9.09. The van der Waals surface area contributed by atoms with E-state index in [0.29, 0.717) is 5.41 Å². The molecule has 0 aromatic carbocycles. The van der Waals surface area contributed by atoms with E-state index in [1.165, 1.54) is 7.11 Å². The third-order valence-electron chi connectivity index (χ3n) is 4.52. The van der Waals surface area contributed by atoms with Gasteiger partial charge in [0, 0.05) is 25.1 Å². The van der Waals surface area contributed by atoms with Crippen molar-refractivity contribution in [1.82, 2.24) is 4.90 Å². The lowest BCUT2D eigenvalue weighted by atomic mass is 9.81. The largest absolute Gasteiger partial charge is 0.469 e. The average Bonchev–Trinajstić information content (AvgIpc) is 2.48. The molecule has 2 rings (SSSR count). The third kappa shape index (κ3) is 3.92. The normalized spacial score (nSPS) is 25.2. The van der Waals surface area contributed by atoms with E-state index in [1.54, 1.807) is 0 Å². The van der Waals surface area contributed by atoms with Gasteiger partial charge in [0.15, 0.2) is 0 Å². The molecule has 0 saturated carbocycles. The maximum atomic E-state index is 11.5. The van der Waals surface area contributed by atoms with Crippen LogP contribution in [0.2, 0.25) is 0 Å². The summed E-state index contributed by atoms with van der Waals surface area (Å²) in [6, 6.07) is 0. The number of carbonyl (C=O) groups is 1. The Kier molecular flexibility index (Phi) is 5.66. The minimum absolute atomic E-state index is 0.0408. The first kappa shape index (κ1) is 15.3. The van der Waals surface area contributed by atoms with Crippen molar-refractivity contribution in [3.63, 3.8) is 0 Å². The van der Waals surface area contributed by atoms with E-state index >= 15 is 0 Å². The fourth-order valence-corrected chi connectivity index (χ4v) is 3.84. The molecule has 2 heterocycles. The molecule has 0 N–H and O–H groups in total. The van der Waals surface area contributed by atoms with Gasteiger partial charge in [0.1, 0.15) is 0 Å². The third-order valence-corrected chi connectivity index (χ3v) is 5.71. The Labute approximate surface area is 123 Å². The molecule has 2 aliphatic rings. The van der Waals surface area contributed by atoms with E-state index in [1.807, 2.05) is 0 Å². The fourth-order valence-electron chi connectivity index (χ4n) is 3.11. The molecule has 0 unspecified atom stereocenters. The van der Waals surface area contributed by atoms with Crippen LogP contribution in [0.3, 0.4) is 0 Å². The first-order chi connectivity index (χ1) is 9.19. The van der Waals surface area contributed by atoms with Crippen molar-refractivity contribution >= 4 is 21.9 Å². The smallest absolute Gasteiger partial charge is 0.308 e. The quantitative estimate of drug-likeness (QED) is 0.583. The Bertz CT molecular complexity index is 297. The molecule has 5 heteroatoms. The van der Waals surface area contributed by atoms with Crippen LogP contribution >= 0.6 is 15.9 Å². The van der Waals surface area contributed by atoms with Gasteiger partial charge in [-0.2, -0.15) is 0 Å². The number of hydrogen-bond acceptors (Lipinski definition) is 4. The van der Waals surface area contributed by atoms with Crippen LogP contribution in [-0.2, 0) is 14.3 Å². The molecule has 0 aromatic heterocycles. The van der Waals surface area contributed by atoms with Gasteiger partial charge in [-0.15, -0.1) is 0 Å². The molecule has 2 fully saturated rings. The zero-order valence-electron chi connectivity index (χ0n) is 11.7. The van der Waals surface area contributed by atoms with Gasteiger partial charge in [-0.25, -0.2) is 0 Å². The van der Waals surface area contributed by atoms with E-state index < -0.39 is 0 Å². The lowest BCUT2D eigenvalue weighted by molar-refractivity contribution is -0.147. The van der Waals surface area contributed by atoms with Crippen LogP contribution in [0.25, 0.3) is 0 Å². The van der Waals surface area contributed by atoms with Gasteiger partial charge in [-0.1, -0.05) is 15.9 Å². The molecule has 2 saturated heterocycles. The lowest BCUT2D eigenvalue weighted by Gasteiger charge is -2.41. The number of alkyl halides is 1. The zero-order valence-corrected chi connectivity index (χ0v) is 13.3. The summed E-state index contributed by atoms with van der Waals surface area (Å²) in [5, 5.41) is 1.04. The predicted octanol–water partition coefficient (Wildman–Crippen LogP) is 2.06. The minimum atomic E-state index is -0.0408. The Balaban J connectivity index is 1.82. The summed E-state index contributed by atoms with van der Waals surface area (Å²) in [6.07, 6.45) is 4.13. The number of ether oxygens (including phenoxy) is 2. The molecule has 0 bridgehead atoms. The van der Waals surface area contributed by atoms with Gasteiger partial charge in [-0.05, 0) is 44.2 Å². The molecule has 0 radical (unpaired) electrons. The van der Waals surface area contributed by atoms with Gasteiger partial charge in [0.05, 0.1) is 13.0 Å². The van der Waals surface area contributed by atoms with Crippen molar-refractivity contribution in [3.05, 3.63) is 0 Å². The second kappa shape index (κ2) is 7.04. The highest BCUT2D eigenvalue weighted by Crippen LogP contribution is 2.34. The minimum Gasteiger partial charge on any atom is -0.469 e. The number of likely N-dealkylation sites (tertiary alicyclic amines) is 1. The number of piperidine rings is 1. The number of nitrogens with zero attached hydrogens (tertiary/aromatic N) is 1. The lowest BCUT2D eigenvalue weighted by Crippen LogP contribution is -2.46. The molecule has 2 aliphatic heterocycles. The van der Waals surface area contributed by atoms with Crippen LogP contribution in [0.15, 0.2) is 0 Å². The van der Waals surface area contributed by atoms with Crippen molar-refractivity contribution in [3.8, 4) is 0 Å². The second-order valence-corrected chi connectivity index (χ2v) is 6.38. The number of carbonyl (C=O) groups excluding carboxylic acids is 1. The highest BCUT2D eigenvalue weighted by Gasteiger charge is 2.35. The topological polar surface area (TPSA) is 38.8 Å². The Morgan fingerprint density at radius 3 is 2.53 bits per heavy atom. The van der Waals surface area contributed by atoms with Gasteiger partial charge >= 0.3 is 5.97 Å². The van der Waals surface area contributed by atoms with Gasteiger partial charge < -0.3 is 14.4 Å². The van der Waals surface area contributed by atoms with E-state index in [4.69, 9.17) is 9.47 Å². The summed E-state index contributed by atoms with van der Waals surface area (Å²) >= 11 is 3.68. The van der Waals surface area contributed by atoms with Crippen LogP contribution in [-0.4, -0.2) is 56.2 Å². The van der Waals surface area contributed by atoms with Crippen molar-refractivity contribution in [2.75, 3.05) is 45.3 Å². The number of rotatable bonds is 4. The SMILES string of the molecule is COC(=O)C1CCN(CC2(CBr)CCOCC2)CC1. The molecule has 110 valence electrons. The molecule has 0 spiro atoms. The van der Waals surface area contributed by atoms with Crippen molar-refractivity contribution < 1.29 is 14.3 Å². The summed E-state index contributed by atoms with van der Waals surface area (Å²) in [4.78, 5) is 14.0. The second-order valence-electron chi connectivity index (χ2n) is 5.82. The monoisotopic (exact) mass is 333 g/mol. The molecule has 4 nitrogen and oxygen atoms in total. The maximum Gasteiger partial charge on any atom is 0.308 e. The Morgan fingerprint density at radius 1 is 1.37 bits per heavy atom. The molecule has 0 aliphatic carbocycles. The molecule has 19 heavy (non-hydrogen) atoms. The molecule has 0 aromatic rings. The van der Waals surface area contributed by atoms with Crippen LogP contribution in [0.4, 0.5) is 0 Å². The zero-order chi connectivity index (χ0) is 13.7. The Morgan fingerprint density at radius 2 is 2.00 bits per heavy atom. The fraction of sp³-hybridized carbons (Fsp3) is 0.929. The van der Waals surface area contributed by atoms with Gasteiger partial charge in [0.2, 0.25) is 0 Å². The summed E-state index contributed by atoms with van der Waals surface area (Å²) in [5.41, 5.74) is 0.357. The van der Waals surface area contributed by atoms with Crippen LogP contribution < -0.4 is 0 Å². The van der Waals surface area contributed by atoms with E-state index in [-0.39, 0.29) is 11.9 Å². The standard InChI is InChI=1S/C14H24BrNO3/c1-18-13(17)12-2-6-16(7-3-12)11-14(10-15)4-8-19-9-5-14/h12H,2-11H2,1H3. The number of methoxy groups -OCH3 is 1. The van der Waals surface area contributed by atoms with Crippen molar-refractivity contribution in [2.45, 2.75) is 25.7 Å². The first-order valence-electron chi connectivity index (χ1n) is 7.13. The van der Waals surface area contributed by atoms with Crippen molar-refractivity contribution in [2.24, 2.45) is 11.3 Å². The molecule has 0 amide bonds. The summed E-state index contributed by atoms with van der Waals surface area (Å²) in [6.45, 7) is 4.90. The van der Waals surface area contributed by atoms with Crippen LogP contribution in [0.1, 0.15) is 25.7 Å². The average molecular weight is 334 g/mol. The number of halogens is 1. The van der Waals surface area contributed by atoms with Crippen LogP contribution in [0, 0.1) is 11.3 Å². The summed E-state index contributed by atoms with van der Waals surface area (Å²) < 4.78 is 10.3. The van der Waals surface area contributed by atoms with Crippen molar-refractivity contribution in [1.29, 1.82) is 0 Å². The first-order valence-corrected chi connectivity index (χ1v) is 8.25. The number of esters is 1. The maximum absolute atomic E-state index is 11.5. The van der Waals surface area contributed by atoms with E-state index in [9.17, 15) is 4.79 Å². The van der Waals surface area contributed by atoms with E-state index in [2.05, 4.69) is 20.8 Å². The van der Waals surface area contributed by atoms with Crippen LogP contribution in [0.5, 0.6) is 0 Å². The highest BCUT2D eigenvalue weighted by atomic mass is 79.9. The summed E-state index contributed by atoms with van der Waals surface area (Å²) in [7, 11) is 1.48.